The van der Waals surface area contributed by atoms with Crippen molar-refractivity contribution in [1.82, 2.24) is 10.3 Å². The monoisotopic (exact) mass is 267 g/mol. The van der Waals surface area contributed by atoms with Crippen LogP contribution in [0.4, 0.5) is 5.82 Å². The van der Waals surface area contributed by atoms with E-state index < -0.39 is 0 Å². The zero-order valence-corrected chi connectivity index (χ0v) is 12.9. The van der Waals surface area contributed by atoms with Crippen molar-refractivity contribution >= 4 is 17.6 Å². The molecule has 2 atom stereocenters. The average molecular weight is 267 g/mol. The Hall–Kier alpha value is -0.740. The third-order valence-electron chi connectivity index (χ3n) is 3.21. The molecule has 1 rings (SSSR count). The molecule has 3 nitrogen and oxygen atoms in total. The molecule has 0 aliphatic heterocycles. The SMILES string of the molecule is CCNC(C)c1ccnc(N(C)C(C)CSC)c1. The Morgan fingerprint density at radius 3 is 2.78 bits per heavy atom. The molecule has 102 valence electrons. The van der Waals surface area contributed by atoms with Crippen LogP contribution in [0.15, 0.2) is 18.3 Å². The van der Waals surface area contributed by atoms with Crippen molar-refractivity contribution in [1.29, 1.82) is 0 Å². The number of nitrogens with zero attached hydrogens (tertiary/aromatic N) is 2. The van der Waals surface area contributed by atoms with E-state index in [0.717, 1.165) is 18.1 Å². The predicted molar refractivity (Wildman–Crippen MR) is 82.6 cm³/mol. The van der Waals surface area contributed by atoms with Crippen LogP contribution < -0.4 is 10.2 Å². The van der Waals surface area contributed by atoms with Crippen LogP contribution >= 0.6 is 11.8 Å². The van der Waals surface area contributed by atoms with Crippen LogP contribution in [0.3, 0.4) is 0 Å². The number of pyridine rings is 1. The Kier molecular flexibility index (Phi) is 6.50. The molecule has 0 saturated heterocycles. The fourth-order valence-electron chi connectivity index (χ4n) is 1.90. The highest BCUT2D eigenvalue weighted by Gasteiger charge is 2.12. The van der Waals surface area contributed by atoms with Gasteiger partial charge in [-0.1, -0.05) is 6.92 Å². The van der Waals surface area contributed by atoms with E-state index in [0.29, 0.717) is 12.1 Å². The first-order valence-corrected chi connectivity index (χ1v) is 7.90. The summed E-state index contributed by atoms with van der Waals surface area (Å²) >= 11 is 1.87. The molecule has 1 aromatic rings. The average Bonchev–Trinajstić information content (AvgIpc) is 2.38. The fourth-order valence-corrected chi connectivity index (χ4v) is 2.61. The lowest BCUT2D eigenvalue weighted by atomic mass is 10.1. The van der Waals surface area contributed by atoms with Crippen molar-refractivity contribution in [3.8, 4) is 0 Å². The van der Waals surface area contributed by atoms with Gasteiger partial charge in [0.2, 0.25) is 0 Å². The predicted octanol–water partition coefficient (Wildman–Crippen LogP) is 2.94. The summed E-state index contributed by atoms with van der Waals surface area (Å²) in [7, 11) is 2.12. The maximum atomic E-state index is 4.47. The summed E-state index contributed by atoms with van der Waals surface area (Å²) in [5.41, 5.74) is 1.30. The van der Waals surface area contributed by atoms with Crippen LogP contribution in [-0.2, 0) is 0 Å². The second-order valence-electron chi connectivity index (χ2n) is 4.64. The zero-order valence-electron chi connectivity index (χ0n) is 12.1. The fraction of sp³-hybridized carbons (Fsp3) is 0.643. The first-order chi connectivity index (χ1) is 8.60. The molecule has 2 unspecified atom stereocenters. The molecule has 0 fully saturated rings. The van der Waals surface area contributed by atoms with Gasteiger partial charge in [-0.3, -0.25) is 0 Å². The van der Waals surface area contributed by atoms with Gasteiger partial charge in [-0.05, 0) is 44.3 Å². The number of aromatic nitrogens is 1. The van der Waals surface area contributed by atoms with Crippen molar-refractivity contribution in [3.05, 3.63) is 23.9 Å². The molecular formula is C14H25N3S. The molecule has 0 spiro atoms. The Balaban J connectivity index is 2.80. The zero-order chi connectivity index (χ0) is 13.5. The van der Waals surface area contributed by atoms with Crippen LogP contribution in [0.25, 0.3) is 0 Å². The van der Waals surface area contributed by atoms with Gasteiger partial charge in [-0.15, -0.1) is 0 Å². The van der Waals surface area contributed by atoms with Crippen LogP contribution in [0, 0.1) is 0 Å². The number of hydrogen-bond donors (Lipinski definition) is 1. The van der Waals surface area contributed by atoms with Gasteiger partial charge in [0.25, 0.3) is 0 Å². The largest absolute Gasteiger partial charge is 0.356 e. The third kappa shape index (κ3) is 4.18. The Labute approximate surface area is 115 Å². The summed E-state index contributed by atoms with van der Waals surface area (Å²) in [6.45, 7) is 7.54. The van der Waals surface area contributed by atoms with Crippen molar-refractivity contribution in [2.75, 3.05) is 30.5 Å². The maximum absolute atomic E-state index is 4.47. The molecule has 1 aromatic heterocycles. The Bertz CT molecular complexity index is 357. The van der Waals surface area contributed by atoms with E-state index in [-0.39, 0.29) is 0 Å². The summed E-state index contributed by atoms with van der Waals surface area (Å²) in [6, 6.07) is 5.15. The molecule has 0 aliphatic rings. The summed E-state index contributed by atoms with van der Waals surface area (Å²) < 4.78 is 0. The lowest BCUT2D eigenvalue weighted by Gasteiger charge is -2.26. The van der Waals surface area contributed by atoms with E-state index in [1.165, 1.54) is 5.56 Å². The van der Waals surface area contributed by atoms with Gasteiger partial charge in [0.1, 0.15) is 5.82 Å². The molecule has 0 aromatic carbocycles. The van der Waals surface area contributed by atoms with Gasteiger partial charge < -0.3 is 10.2 Å². The Morgan fingerprint density at radius 2 is 2.17 bits per heavy atom. The first-order valence-electron chi connectivity index (χ1n) is 6.51. The number of rotatable bonds is 7. The van der Waals surface area contributed by atoms with Gasteiger partial charge in [-0.2, -0.15) is 11.8 Å². The molecule has 0 radical (unpaired) electrons. The van der Waals surface area contributed by atoms with Gasteiger partial charge in [-0.25, -0.2) is 4.98 Å². The van der Waals surface area contributed by atoms with Gasteiger partial charge in [0, 0.05) is 31.1 Å². The topological polar surface area (TPSA) is 28.2 Å². The van der Waals surface area contributed by atoms with E-state index >= 15 is 0 Å². The van der Waals surface area contributed by atoms with E-state index in [9.17, 15) is 0 Å². The number of hydrogen-bond acceptors (Lipinski definition) is 4. The van der Waals surface area contributed by atoms with Crippen LogP contribution in [0.2, 0.25) is 0 Å². The molecule has 0 amide bonds. The molecule has 4 heteroatoms. The Morgan fingerprint density at radius 1 is 1.44 bits per heavy atom. The highest BCUT2D eigenvalue weighted by atomic mass is 32.2. The van der Waals surface area contributed by atoms with E-state index in [1.54, 1.807) is 0 Å². The summed E-state index contributed by atoms with van der Waals surface area (Å²) in [6.07, 6.45) is 4.04. The van der Waals surface area contributed by atoms with E-state index in [2.05, 4.69) is 61.4 Å². The number of anilines is 1. The smallest absolute Gasteiger partial charge is 0.128 e. The van der Waals surface area contributed by atoms with Crippen LogP contribution in [-0.4, -0.2) is 36.6 Å². The molecule has 1 N–H and O–H groups in total. The molecule has 0 bridgehead atoms. The minimum Gasteiger partial charge on any atom is -0.356 e. The molecule has 1 heterocycles. The quantitative estimate of drug-likeness (QED) is 0.822. The first kappa shape index (κ1) is 15.3. The van der Waals surface area contributed by atoms with Crippen molar-refractivity contribution < 1.29 is 0 Å². The highest BCUT2D eigenvalue weighted by molar-refractivity contribution is 7.98. The van der Waals surface area contributed by atoms with Crippen molar-refractivity contribution in [2.24, 2.45) is 0 Å². The molecule has 0 aliphatic carbocycles. The van der Waals surface area contributed by atoms with Gasteiger partial charge in [0.05, 0.1) is 0 Å². The van der Waals surface area contributed by atoms with Crippen LogP contribution in [0.1, 0.15) is 32.4 Å². The highest BCUT2D eigenvalue weighted by Crippen LogP contribution is 2.19. The van der Waals surface area contributed by atoms with Crippen molar-refractivity contribution in [3.63, 3.8) is 0 Å². The third-order valence-corrected chi connectivity index (χ3v) is 4.03. The normalized spacial score (nSPS) is 14.3. The molecule has 18 heavy (non-hydrogen) atoms. The van der Waals surface area contributed by atoms with Gasteiger partial charge in [0.15, 0.2) is 0 Å². The standard InChI is InChI=1S/C14H25N3S/c1-6-15-12(3)13-7-8-16-14(9-13)17(4)11(2)10-18-5/h7-9,11-12,15H,6,10H2,1-5H3. The molecule has 0 saturated carbocycles. The number of thioether (sulfide) groups is 1. The van der Waals surface area contributed by atoms with Crippen molar-refractivity contribution in [2.45, 2.75) is 32.9 Å². The lowest BCUT2D eigenvalue weighted by molar-refractivity contribution is 0.597. The van der Waals surface area contributed by atoms with Gasteiger partial charge >= 0.3 is 0 Å². The number of nitrogens with one attached hydrogen (secondary N) is 1. The maximum Gasteiger partial charge on any atom is 0.128 e. The van der Waals surface area contributed by atoms with E-state index in [4.69, 9.17) is 0 Å². The minimum atomic E-state index is 0.376. The van der Waals surface area contributed by atoms with Crippen LogP contribution in [0.5, 0.6) is 0 Å². The lowest BCUT2D eigenvalue weighted by Crippen LogP contribution is -2.31. The summed E-state index contributed by atoms with van der Waals surface area (Å²) in [4.78, 5) is 6.72. The van der Waals surface area contributed by atoms with E-state index in [1.807, 2.05) is 18.0 Å². The molecular weight excluding hydrogens is 242 g/mol. The second kappa shape index (κ2) is 7.64. The summed E-state index contributed by atoms with van der Waals surface area (Å²) in [5, 5.41) is 3.43. The summed E-state index contributed by atoms with van der Waals surface area (Å²) in [5.74, 6) is 2.17. The minimum absolute atomic E-state index is 0.376. The second-order valence-corrected chi connectivity index (χ2v) is 5.55.